The summed E-state index contributed by atoms with van der Waals surface area (Å²) >= 11 is 0. The Bertz CT molecular complexity index is 466. The van der Waals surface area contributed by atoms with Crippen LogP contribution >= 0.6 is 0 Å². The van der Waals surface area contributed by atoms with E-state index in [0.717, 1.165) is 6.07 Å². The smallest absolute Gasteiger partial charge is 0.387 e. The van der Waals surface area contributed by atoms with Gasteiger partial charge < -0.3 is 19.9 Å². The molecule has 0 bridgehead atoms. The highest BCUT2D eigenvalue weighted by molar-refractivity contribution is 5.78. The van der Waals surface area contributed by atoms with E-state index < -0.39 is 18.6 Å². The van der Waals surface area contributed by atoms with E-state index in [0.29, 0.717) is 0 Å². The van der Waals surface area contributed by atoms with E-state index in [9.17, 15) is 18.4 Å². The van der Waals surface area contributed by atoms with E-state index in [-0.39, 0.29) is 23.5 Å². The quantitative estimate of drug-likeness (QED) is 0.730. The molecule has 0 aromatic heterocycles. The lowest BCUT2D eigenvalue weighted by molar-refractivity contribution is -0.140. The highest BCUT2D eigenvalue weighted by atomic mass is 19.3. The summed E-state index contributed by atoms with van der Waals surface area (Å²) in [6.07, 6.45) is 0.205. The van der Waals surface area contributed by atoms with E-state index in [4.69, 9.17) is 9.84 Å². The highest BCUT2D eigenvalue weighted by Crippen LogP contribution is 2.31. The van der Waals surface area contributed by atoms with Crippen molar-refractivity contribution < 1.29 is 33.0 Å². The SMILES string of the molecule is COc1ccc(C(NC=O)C(=O)O)cc1OC(F)F. The van der Waals surface area contributed by atoms with Gasteiger partial charge in [-0.2, -0.15) is 8.78 Å². The molecule has 0 spiro atoms. The van der Waals surface area contributed by atoms with Gasteiger partial charge >= 0.3 is 12.6 Å². The van der Waals surface area contributed by atoms with Gasteiger partial charge in [0.15, 0.2) is 17.5 Å². The average Bonchev–Trinajstić information content (AvgIpc) is 2.34. The van der Waals surface area contributed by atoms with Crippen LogP contribution in [0.3, 0.4) is 0 Å². The van der Waals surface area contributed by atoms with Crippen LogP contribution in [0.1, 0.15) is 11.6 Å². The molecule has 1 aromatic carbocycles. The molecule has 19 heavy (non-hydrogen) atoms. The molecular formula is C11H11F2NO5. The van der Waals surface area contributed by atoms with Crippen LogP contribution in [-0.2, 0) is 9.59 Å². The predicted molar refractivity (Wildman–Crippen MR) is 59.2 cm³/mol. The van der Waals surface area contributed by atoms with Crippen LogP contribution < -0.4 is 14.8 Å². The molecule has 0 heterocycles. The number of alkyl halides is 2. The van der Waals surface area contributed by atoms with Crippen LogP contribution in [0.2, 0.25) is 0 Å². The summed E-state index contributed by atoms with van der Waals surface area (Å²) in [5.41, 5.74) is 0.0797. The van der Waals surface area contributed by atoms with E-state index in [1.807, 2.05) is 0 Å². The van der Waals surface area contributed by atoms with E-state index in [2.05, 4.69) is 10.1 Å². The number of carboxylic acids is 1. The number of amides is 1. The normalized spacial score (nSPS) is 11.8. The second kappa shape index (κ2) is 6.53. The van der Waals surface area contributed by atoms with Gasteiger partial charge in [-0.15, -0.1) is 0 Å². The molecular weight excluding hydrogens is 264 g/mol. The van der Waals surface area contributed by atoms with Crippen LogP contribution in [0.4, 0.5) is 8.78 Å². The van der Waals surface area contributed by atoms with Crippen LogP contribution in [0.5, 0.6) is 11.5 Å². The number of hydrogen-bond donors (Lipinski definition) is 2. The van der Waals surface area contributed by atoms with Gasteiger partial charge in [0.1, 0.15) is 0 Å². The minimum absolute atomic E-state index is 0.0271. The number of carbonyl (C=O) groups is 2. The summed E-state index contributed by atoms with van der Waals surface area (Å²) in [7, 11) is 1.26. The summed E-state index contributed by atoms with van der Waals surface area (Å²) in [4.78, 5) is 21.3. The molecule has 0 saturated heterocycles. The molecule has 0 aliphatic rings. The van der Waals surface area contributed by atoms with Crippen molar-refractivity contribution in [1.82, 2.24) is 5.32 Å². The number of benzene rings is 1. The maximum Gasteiger partial charge on any atom is 0.387 e. The zero-order chi connectivity index (χ0) is 14.4. The van der Waals surface area contributed by atoms with Gasteiger partial charge in [-0.3, -0.25) is 4.79 Å². The first kappa shape index (κ1) is 14.7. The summed E-state index contributed by atoms with van der Waals surface area (Å²) < 4.78 is 33.4. The summed E-state index contributed by atoms with van der Waals surface area (Å²) in [5.74, 6) is -1.62. The van der Waals surface area contributed by atoms with Gasteiger partial charge in [0.05, 0.1) is 7.11 Å². The molecule has 8 heteroatoms. The minimum atomic E-state index is -3.08. The van der Waals surface area contributed by atoms with Crippen molar-refractivity contribution in [2.24, 2.45) is 0 Å². The van der Waals surface area contributed by atoms with Gasteiger partial charge in [0.25, 0.3) is 0 Å². The Balaban J connectivity index is 3.14. The number of halogens is 2. The average molecular weight is 275 g/mol. The fraction of sp³-hybridized carbons (Fsp3) is 0.273. The standard InChI is InChI=1S/C11H11F2NO5/c1-18-7-3-2-6(4-8(7)19-11(12)13)9(10(16)17)14-5-15/h2-5,9,11H,1H3,(H,14,15)(H,16,17). The second-order valence-corrected chi connectivity index (χ2v) is 3.34. The Morgan fingerprint density at radius 1 is 1.42 bits per heavy atom. The molecule has 1 rings (SSSR count). The first-order chi connectivity index (χ1) is 8.99. The Labute approximate surface area is 106 Å². The van der Waals surface area contributed by atoms with Crippen molar-refractivity contribution in [1.29, 1.82) is 0 Å². The van der Waals surface area contributed by atoms with Gasteiger partial charge in [-0.25, -0.2) is 4.79 Å². The number of ether oxygens (including phenoxy) is 2. The van der Waals surface area contributed by atoms with Gasteiger partial charge in [0.2, 0.25) is 6.41 Å². The monoisotopic (exact) mass is 275 g/mol. The molecule has 0 radical (unpaired) electrons. The lowest BCUT2D eigenvalue weighted by Crippen LogP contribution is -2.27. The molecule has 0 saturated carbocycles. The van der Waals surface area contributed by atoms with E-state index >= 15 is 0 Å². The Kier molecular flexibility index (Phi) is 5.04. The molecule has 1 atom stereocenters. The van der Waals surface area contributed by atoms with Crippen molar-refractivity contribution in [3.8, 4) is 11.5 Å². The van der Waals surface area contributed by atoms with Crippen molar-refractivity contribution in [2.75, 3.05) is 7.11 Å². The van der Waals surface area contributed by atoms with Crippen LogP contribution in [0.15, 0.2) is 18.2 Å². The molecule has 104 valence electrons. The number of aliphatic carboxylic acids is 1. The Hall–Kier alpha value is -2.38. The third kappa shape index (κ3) is 3.80. The molecule has 1 aromatic rings. The third-order valence-electron chi connectivity index (χ3n) is 2.22. The van der Waals surface area contributed by atoms with E-state index in [1.54, 1.807) is 0 Å². The molecule has 6 nitrogen and oxygen atoms in total. The number of carboxylic acid groups (broad SMARTS) is 1. The number of hydrogen-bond acceptors (Lipinski definition) is 4. The maximum atomic E-state index is 12.2. The lowest BCUT2D eigenvalue weighted by atomic mass is 10.1. The van der Waals surface area contributed by atoms with Crippen LogP contribution in [0.25, 0.3) is 0 Å². The van der Waals surface area contributed by atoms with Crippen molar-refractivity contribution in [3.05, 3.63) is 23.8 Å². The summed E-state index contributed by atoms with van der Waals surface area (Å²) in [5, 5.41) is 11.0. The molecule has 0 fully saturated rings. The van der Waals surface area contributed by atoms with Crippen LogP contribution in [0, 0.1) is 0 Å². The fourth-order valence-corrected chi connectivity index (χ4v) is 1.44. The molecule has 0 aliphatic heterocycles. The predicted octanol–water partition coefficient (Wildman–Crippen LogP) is 1.17. The van der Waals surface area contributed by atoms with Crippen molar-refractivity contribution in [2.45, 2.75) is 12.7 Å². The number of rotatable bonds is 7. The zero-order valence-electron chi connectivity index (χ0n) is 9.80. The molecule has 1 unspecified atom stereocenters. The Morgan fingerprint density at radius 2 is 2.11 bits per heavy atom. The number of carbonyl (C=O) groups excluding carboxylic acids is 1. The third-order valence-corrected chi connectivity index (χ3v) is 2.22. The van der Waals surface area contributed by atoms with Gasteiger partial charge in [-0.05, 0) is 17.7 Å². The van der Waals surface area contributed by atoms with Gasteiger partial charge in [-0.1, -0.05) is 6.07 Å². The topological polar surface area (TPSA) is 84.9 Å². The first-order valence-electron chi connectivity index (χ1n) is 5.04. The fourth-order valence-electron chi connectivity index (χ4n) is 1.44. The Morgan fingerprint density at radius 3 is 2.58 bits per heavy atom. The zero-order valence-corrected chi connectivity index (χ0v) is 9.80. The molecule has 0 aliphatic carbocycles. The summed E-state index contributed by atoms with van der Waals surface area (Å²) in [6.45, 7) is -3.08. The number of methoxy groups -OCH3 is 1. The summed E-state index contributed by atoms with van der Waals surface area (Å²) in [6, 6.07) is 2.31. The lowest BCUT2D eigenvalue weighted by Gasteiger charge is -2.15. The van der Waals surface area contributed by atoms with Gasteiger partial charge in [0, 0.05) is 0 Å². The minimum Gasteiger partial charge on any atom is -0.493 e. The largest absolute Gasteiger partial charge is 0.493 e. The highest BCUT2D eigenvalue weighted by Gasteiger charge is 2.21. The van der Waals surface area contributed by atoms with E-state index in [1.165, 1.54) is 19.2 Å². The molecule has 1 amide bonds. The molecule has 2 N–H and O–H groups in total. The second-order valence-electron chi connectivity index (χ2n) is 3.34. The first-order valence-corrected chi connectivity index (χ1v) is 5.04. The number of nitrogens with one attached hydrogen (secondary N) is 1. The van der Waals surface area contributed by atoms with Crippen LogP contribution in [-0.4, -0.2) is 31.2 Å². The maximum absolute atomic E-state index is 12.2. The van der Waals surface area contributed by atoms with Crippen molar-refractivity contribution in [3.63, 3.8) is 0 Å². The van der Waals surface area contributed by atoms with Crippen molar-refractivity contribution >= 4 is 12.4 Å².